The van der Waals surface area contributed by atoms with Crippen molar-refractivity contribution in [1.82, 2.24) is 5.32 Å². The predicted molar refractivity (Wildman–Crippen MR) is 62.4 cm³/mol. The van der Waals surface area contributed by atoms with Crippen molar-refractivity contribution in [2.45, 2.75) is 64.5 Å². The fourth-order valence-electron chi connectivity index (χ4n) is 2.00. The number of carbonyl (C=O) groups excluding carboxylic acids is 1. The lowest BCUT2D eigenvalue weighted by Crippen LogP contribution is -2.54. The van der Waals surface area contributed by atoms with E-state index in [-0.39, 0.29) is 17.5 Å². The minimum absolute atomic E-state index is 0.0231. The first-order valence-corrected chi connectivity index (χ1v) is 5.98. The normalized spacial score (nSPS) is 20.3. The van der Waals surface area contributed by atoms with Crippen molar-refractivity contribution in [3.63, 3.8) is 0 Å². The monoisotopic (exact) mass is 212 g/mol. The van der Waals surface area contributed by atoms with Crippen molar-refractivity contribution in [2.75, 3.05) is 0 Å². The first kappa shape index (κ1) is 12.5. The van der Waals surface area contributed by atoms with Crippen molar-refractivity contribution < 1.29 is 4.79 Å². The van der Waals surface area contributed by atoms with Gasteiger partial charge >= 0.3 is 0 Å². The van der Waals surface area contributed by atoms with E-state index in [0.29, 0.717) is 12.3 Å². The summed E-state index contributed by atoms with van der Waals surface area (Å²) in [4.78, 5) is 11.8. The van der Waals surface area contributed by atoms with E-state index >= 15 is 0 Å². The van der Waals surface area contributed by atoms with Crippen LogP contribution in [0.1, 0.15) is 52.9 Å². The molecule has 0 aromatic carbocycles. The maximum Gasteiger partial charge on any atom is 0.220 e. The van der Waals surface area contributed by atoms with Gasteiger partial charge in [-0.2, -0.15) is 0 Å². The number of amides is 1. The first-order valence-electron chi connectivity index (χ1n) is 5.98. The van der Waals surface area contributed by atoms with Crippen LogP contribution >= 0.6 is 0 Å². The highest BCUT2D eigenvalue weighted by atomic mass is 16.1. The van der Waals surface area contributed by atoms with E-state index in [1.165, 1.54) is 25.7 Å². The second-order valence-corrected chi connectivity index (χ2v) is 5.41. The molecule has 3 nitrogen and oxygen atoms in total. The molecule has 0 spiro atoms. The summed E-state index contributed by atoms with van der Waals surface area (Å²) in [7, 11) is 0. The highest BCUT2D eigenvalue weighted by molar-refractivity contribution is 5.77. The molecule has 1 aliphatic carbocycles. The van der Waals surface area contributed by atoms with E-state index in [0.717, 1.165) is 0 Å². The third-order valence-corrected chi connectivity index (χ3v) is 3.55. The summed E-state index contributed by atoms with van der Waals surface area (Å²) in [5.41, 5.74) is 5.52. The van der Waals surface area contributed by atoms with Crippen LogP contribution in [-0.4, -0.2) is 17.5 Å². The quantitative estimate of drug-likeness (QED) is 0.746. The van der Waals surface area contributed by atoms with Crippen molar-refractivity contribution in [3.8, 4) is 0 Å². The Kier molecular flexibility index (Phi) is 4.14. The van der Waals surface area contributed by atoms with Crippen molar-refractivity contribution in [2.24, 2.45) is 11.7 Å². The molecular formula is C12H24N2O. The molecule has 1 saturated carbocycles. The molecule has 1 amide bonds. The molecule has 1 aliphatic rings. The SMILES string of the molecule is CC(N)C(C)(C)NC(=O)CC1CCCC1. The topological polar surface area (TPSA) is 55.1 Å². The maximum absolute atomic E-state index is 11.8. The summed E-state index contributed by atoms with van der Waals surface area (Å²) in [5.74, 6) is 0.762. The third kappa shape index (κ3) is 3.82. The van der Waals surface area contributed by atoms with Gasteiger partial charge in [0, 0.05) is 18.0 Å². The lowest BCUT2D eigenvalue weighted by molar-refractivity contribution is -0.123. The molecule has 1 rings (SSSR count). The smallest absolute Gasteiger partial charge is 0.220 e. The van der Waals surface area contributed by atoms with Gasteiger partial charge in [0.25, 0.3) is 0 Å². The zero-order chi connectivity index (χ0) is 11.5. The summed E-state index contributed by atoms with van der Waals surface area (Å²) in [5, 5.41) is 3.02. The zero-order valence-corrected chi connectivity index (χ0v) is 10.2. The number of hydrogen-bond acceptors (Lipinski definition) is 2. The van der Waals surface area contributed by atoms with Gasteiger partial charge in [-0.3, -0.25) is 4.79 Å². The molecule has 0 aromatic rings. The second-order valence-electron chi connectivity index (χ2n) is 5.41. The lowest BCUT2D eigenvalue weighted by atomic mass is 9.95. The summed E-state index contributed by atoms with van der Waals surface area (Å²) < 4.78 is 0. The molecule has 15 heavy (non-hydrogen) atoms. The minimum atomic E-state index is -0.296. The van der Waals surface area contributed by atoms with Crippen LogP contribution in [-0.2, 0) is 4.79 Å². The number of hydrogen-bond donors (Lipinski definition) is 2. The summed E-state index contributed by atoms with van der Waals surface area (Å²) in [6.07, 6.45) is 5.68. The van der Waals surface area contributed by atoms with Gasteiger partial charge in [-0.25, -0.2) is 0 Å². The van der Waals surface area contributed by atoms with E-state index in [9.17, 15) is 4.79 Å². The lowest BCUT2D eigenvalue weighted by Gasteiger charge is -2.30. The largest absolute Gasteiger partial charge is 0.350 e. The fraction of sp³-hybridized carbons (Fsp3) is 0.917. The molecular weight excluding hydrogens is 188 g/mol. The van der Waals surface area contributed by atoms with Crippen LogP contribution in [0.4, 0.5) is 0 Å². The Bertz CT molecular complexity index is 218. The van der Waals surface area contributed by atoms with Crippen molar-refractivity contribution >= 4 is 5.91 Å². The summed E-state index contributed by atoms with van der Waals surface area (Å²) in [6.45, 7) is 5.88. The van der Waals surface area contributed by atoms with Crippen LogP contribution in [0.3, 0.4) is 0 Å². The van der Waals surface area contributed by atoms with Gasteiger partial charge < -0.3 is 11.1 Å². The Morgan fingerprint density at radius 1 is 1.47 bits per heavy atom. The Balaban J connectivity index is 2.34. The van der Waals surface area contributed by atoms with Crippen LogP contribution in [0.25, 0.3) is 0 Å². The molecule has 1 atom stereocenters. The Morgan fingerprint density at radius 2 is 2.00 bits per heavy atom. The van der Waals surface area contributed by atoms with Crippen molar-refractivity contribution in [3.05, 3.63) is 0 Å². The number of carbonyl (C=O) groups is 1. The molecule has 0 radical (unpaired) electrons. The second kappa shape index (κ2) is 4.97. The van der Waals surface area contributed by atoms with Crippen LogP contribution in [0.2, 0.25) is 0 Å². The van der Waals surface area contributed by atoms with Gasteiger partial charge in [0.2, 0.25) is 5.91 Å². The average Bonchev–Trinajstić information content (AvgIpc) is 2.54. The van der Waals surface area contributed by atoms with Crippen LogP contribution in [0, 0.1) is 5.92 Å². The Labute approximate surface area is 92.8 Å². The summed E-state index contributed by atoms with van der Waals surface area (Å²) in [6, 6.07) is -0.0231. The van der Waals surface area contributed by atoms with Crippen LogP contribution < -0.4 is 11.1 Å². The van der Waals surface area contributed by atoms with Gasteiger partial charge in [-0.05, 0) is 39.5 Å². The van der Waals surface area contributed by atoms with Gasteiger partial charge in [0.1, 0.15) is 0 Å². The molecule has 3 N–H and O–H groups in total. The number of nitrogens with one attached hydrogen (secondary N) is 1. The molecule has 0 heterocycles. The standard InChI is InChI=1S/C12H24N2O/c1-9(13)12(2,3)14-11(15)8-10-6-4-5-7-10/h9-10H,4-8,13H2,1-3H3,(H,14,15). The molecule has 0 saturated heterocycles. The molecule has 3 heteroatoms. The summed E-state index contributed by atoms with van der Waals surface area (Å²) >= 11 is 0. The van der Waals surface area contributed by atoms with Crippen LogP contribution in [0.5, 0.6) is 0 Å². The molecule has 0 bridgehead atoms. The fourth-order valence-corrected chi connectivity index (χ4v) is 2.00. The van der Waals surface area contributed by atoms with Gasteiger partial charge in [0.05, 0.1) is 0 Å². The number of rotatable bonds is 4. The molecule has 88 valence electrons. The Hall–Kier alpha value is -0.570. The third-order valence-electron chi connectivity index (χ3n) is 3.55. The zero-order valence-electron chi connectivity index (χ0n) is 10.2. The van der Waals surface area contributed by atoms with Gasteiger partial charge in [-0.15, -0.1) is 0 Å². The van der Waals surface area contributed by atoms with Gasteiger partial charge in [0.15, 0.2) is 0 Å². The minimum Gasteiger partial charge on any atom is -0.350 e. The van der Waals surface area contributed by atoms with E-state index < -0.39 is 0 Å². The van der Waals surface area contributed by atoms with E-state index in [4.69, 9.17) is 5.73 Å². The molecule has 0 aromatic heterocycles. The van der Waals surface area contributed by atoms with Gasteiger partial charge in [-0.1, -0.05) is 12.8 Å². The molecule has 0 aliphatic heterocycles. The number of nitrogens with two attached hydrogens (primary N) is 1. The Morgan fingerprint density at radius 3 is 2.47 bits per heavy atom. The average molecular weight is 212 g/mol. The first-order chi connectivity index (χ1) is 6.92. The van der Waals surface area contributed by atoms with E-state index in [1.807, 2.05) is 20.8 Å². The van der Waals surface area contributed by atoms with E-state index in [2.05, 4.69) is 5.32 Å². The highest BCUT2D eigenvalue weighted by Crippen LogP contribution is 2.27. The molecule has 1 unspecified atom stereocenters. The maximum atomic E-state index is 11.8. The molecule has 1 fully saturated rings. The highest BCUT2D eigenvalue weighted by Gasteiger charge is 2.26. The predicted octanol–water partition coefficient (Wildman–Crippen LogP) is 1.81. The van der Waals surface area contributed by atoms with Crippen LogP contribution in [0.15, 0.2) is 0 Å². The van der Waals surface area contributed by atoms with Crippen molar-refractivity contribution in [1.29, 1.82) is 0 Å². The van der Waals surface area contributed by atoms with E-state index in [1.54, 1.807) is 0 Å².